The Morgan fingerprint density at radius 3 is 2.68 bits per heavy atom. The van der Waals surface area contributed by atoms with Crippen LogP contribution in [0, 0.1) is 0 Å². The molecule has 1 N–H and O–H groups in total. The summed E-state index contributed by atoms with van der Waals surface area (Å²) in [6.07, 6.45) is 1.04. The van der Waals surface area contributed by atoms with E-state index in [9.17, 15) is 9.59 Å². The van der Waals surface area contributed by atoms with Gasteiger partial charge in [0.25, 0.3) is 5.56 Å². The van der Waals surface area contributed by atoms with Gasteiger partial charge >= 0.3 is 0 Å². The number of hydrogen-bond donors (Lipinski definition) is 1. The molecule has 28 heavy (non-hydrogen) atoms. The zero-order chi connectivity index (χ0) is 20.3. The first kappa shape index (κ1) is 20.5. The summed E-state index contributed by atoms with van der Waals surface area (Å²) in [5.74, 6) is 1.47. The minimum absolute atomic E-state index is 0.0428. The maximum Gasteiger partial charge on any atom is 0.254 e. The van der Waals surface area contributed by atoms with Gasteiger partial charge in [0.1, 0.15) is 5.75 Å². The van der Waals surface area contributed by atoms with Crippen molar-refractivity contribution in [3.63, 3.8) is 0 Å². The van der Waals surface area contributed by atoms with Crippen LogP contribution in [0.5, 0.6) is 5.75 Å². The first-order chi connectivity index (χ1) is 13.3. The van der Waals surface area contributed by atoms with Crippen LogP contribution in [0.1, 0.15) is 44.5 Å². The normalized spacial score (nSPS) is 15.9. The number of nitrogens with zero attached hydrogens (tertiary/aromatic N) is 2. The molecule has 2 heterocycles. The van der Waals surface area contributed by atoms with E-state index in [0.717, 1.165) is 23.4 Å². The molecular formula is C21H27N3O3S. The number of methoxy groups -OCH3 is 1. The van der Waals surface area contributed by atoms with Gasteiger partial charge in [-0.05, 0) is 24.1 Å². The molecule has 0 saturated heterocycles. The molecule has 1 atom stereocenters. The zero-order valence-corrected chi connectivity index (χ0v) is 17.6. The lowest BCUT2D eigenvalue weighted by atomic mass is 9.92. The van der Waals surface area contributed by atoms with E-state index in [0.29, 0.717) is 23.9 Å². The zero-order valence-electron chi connectivity index (χ0n) is 16.8. The molecule has 0 radical (unpaired) electrons. The van der Waals surface area contributed by atoms with Gasteiger partial charge in [-0.3, -0.25) is 14.2 Å². The average molecular weight is 402 g/mol. The fourth-order valence-corrected chi connectivity index (χ4v) is 4.26. The molecule has 1 aliphatic heterocycles. The molecular weight excluding hydrogens is 374 g/mol. The van der Waals surface area contributed by atoms with Crippen molar-refractivity contribution in [2.75, 3.05) is 19.4 Å². The van der Waals surface area contributed by atoms with Gasteiger partial charge in [0.2, 0.25) is 5.91 Å². The second-order valence-corrected chi connectivity index (χ2v) is 8.99. The number of hydrogen-bond acceptors (Lipinski definition) is 5. The highest BCUT2D eigenvalue weighted by Crippen LogP contribution is 2.33. The molecule has 0 bridgehead atoms. The predicted octanol–water partition coefficient (Wildman–Crippen LogP) is 2.95. The third kappa shape index (κ3) is 4.76. The van der Waals surface area contributed by atoms with Crippen molar-refractivity contribution in [1.29, 1.82) is 0 Å². The molecule has 0 aliphatic carbocycles. The number of carbonyl (C=O) groups is 1. The number of benzene rings is 1. The Hall–Kier alpha value is -2.28. The average Bonchev–Trinajstić information content (AvgIpc) is 3.05. The predicted molar refractivity (Wildman–Crippen MR) is 111 cm³/mol. The van der Waals surface area contributed by atoms with Crippen LogP contribution >= 0.6 is 11.8 Å². The Kier molecular flexibility index (Phi) is 6.13. The molecule has 7 heteroatoms. The molecule has 2 aromatic rings. The topological polar surface area (TPSA) is 73.2 Å². The Morgan fingerprint density at radius 1 is 1.32 bits per heavy atom. The lowest BCUT2D eigenvalue weighted by Gasteiger charge is -2.19. The van der Waals surface area contributed by atoms with Crippen molar-refractivity contribution in [2.24, 2.45) is 0 Å². The molecule has 1 aromatic carbocycles. The van der Waals surface area contributed by atoms with Gasteiger partial charge in [0, 0.05) is 30.2 Å². The molecule has 0 spiro atoms. The van der Waals surface area contributed by atoms with Crippen LogP contribution in [0.2, 0.25) is 0 Å². The highest BCUT2D eigenvalue weighted by molar-refractivity contribution is 7.99. The summed E-state index contributed by atoms with van der Waals surface area (Å²) >= 11 is 1.55. The van der Waals surface area contributed by atoms with Gasteiger partial charge in [0.15, 0.2) is 5.16 Å². The molecule has 0 saturated carbocycles. The van der Waals surface area contributed by atoms with Crippen molar-refractivity contribution in [3.05, 3.63) is 51.9 Å². The Labute approximate surface area is 169 Å². The van der Waals surface area contributed by atoms with Gasteiger partial charge in [-0.25, -0.2) is 4.98 Å². The van der Waals surface area contributed by atoms with Gasteiger partial charge in [0.05, 0.1) is 18.8 Å². The largest absolute Gasteiger partial charge is 0.497 e. The van der Waals surface area contributed by atoms with Crippen LogP contribution in [0.3, 0.4) is 0 Å². The summed E-state index contributed by atoms with van der Waals surface area (Å²) in [6, 6.07) is 9.27. The van der Waals surface area contributed by atoms with Crippen molar-refractivity contribution in [3.8, 4) is 5.75 Å². The fraction of sp³-hybridized carbons (Fsp3) is 0.476. The third-order valence-electron chi connectivity index (χ3n) is 4.77. The number of ether oxygens (including phenoxy) is 1. The summed E-state index contributed by atoms with van der Waals surface area (Å²) in [4.78, 5) is 29.6. The van der Waals surface area contributed by atoms with E-state index in [1.165, 1.54) is 0 Å². The summed E-state index contributed by atoms with van der Waals surface area (Å²) in [7, 11) is 1.64. The lowest BCUT2D eigenvalue weighted by Crippen LogP contribution is -2.32. The quantitative estimate of drug-likeness (QED) is 0.754. The van der Waals surface area contributed by atoms with Crippen LogP contribution in [0.15, 0.2) is 40.3 Å². The van der Waals surface area contributed by atoms with Crippen LogP contribution < -0.4 is 15.6 Å². The van der Waals surface area contributed by atoms with Gasteiger partial charge in [-0.15, -0.1) is 0 Å². The first-order valence-corrected chi connectivity index (χ1v) is 10.4. The maximum absolute atomic E-state index is 12.6. The van der Waals surface area contributed by atoms with E-state index in [-0.39, 0.29) is 22.9 Å². The van der Waals surface area contributed by atoms with E-state index >= 15 is 0 Å². The number of fused-ring (bicyclic) bond motifs is 1. The summed E-state index contributed by atoms with van der Waals surface area (Å²) in [5, 5.41) is 3.67. The Morgan fingerprint density at radius 2 is 2.04 bits per heavy atom. The van der Waals surface area contributed by atoms with E-state index in [1.807, 2.05) is 45.0 Å². The van der Waals surface area contributed by atoms with Crippen molar-refractivity contribution >= 4 is 17.7 Å². The summed E-state index contributed by atoms with van der Waals surface area (Å²) in [5.41, 5.74) is 1.68. The summed E-state index contributed by atoms with van der Waals surface area (Å²) < 4.78 is 6.82. The van der Waals surface area contributed by atoms with Crippen molar-refractivity contribution < 1.29 is 9.53 Å². The summed E-state index contributed by atoms with van der Waals surface area (Å²) in [6.45, 7) is 6.69. The van der Waals surface area contributed by atoms with Crippen molar-refractivity contribution in [2.45, 2.75) is 50.2 Å². The van der Waals surface area contributed by atoms with Gasteiger partial charge < -0.3 is 10.1 Å². The Bertz CT molecular complexity index is 901. The van der Waals surface area contributed by atoms with Crippen LogP contribution in [-0.2, 0) is 16.6 Å². The molecule has 1 aromatic heterocycles. The molecule has 3 rings (SSSR count). The second-order valence-electron chi connectivity index (χ2n) is 8.00. The SMILES string of the molecule is COc1ccc(CCNC(=O)CC2CSc3nc(C(C)(C)C)cc(=O)n32)cc1. The number of carbonyl (C=O) groups excluding carboxylic acids is 1. The van der Waals surface area contributed by atoms with Gasteiger partial charge in [-0.2, -0.15) is 0 Å². The highest BCUT2D eigenvalue weighted by atomic mass is 32.2. The minimum atomic E-state index is -0.174. The number of nitrogens with one attached hydrogen (secondary N) is 1. The smallest absolute Gasteiger partial charge is 0.254 e. The lowest BCUT2D eigenvalue weighted by molar-refractivity contribution is -0.121. The van der Waals surface area contributed by atoms with Crippen LogP contribution in [-0.4, -0.2) is 34.9 Å². The number of thioether (sulfide) groups is 1. The number of rotatable bonds is 6. The molecule has 150 valence electrons. The highest BCUT2D eigenvalue weighted by Gasteiger charge is 2.29. The monoisotopic (exact) mass is 401 g/mol. The second kappa shape index (κ2) is 8.39. The molecule has 6 nitrogen and oxygen atoms in total. The molecule has 0 fully saturated rings. The van der Waals surface area contributed by atoms with E-state index in [2.05, 4.69) is 10.3 Å². The number of aromatic nitrogens is 2. The molecule has 1 unspecified atom stereocenters. The maximum atomic E-state index is 12.6. The Balaban J connectivity index is 1.57. The van der Waals surface area contributed by atoms with Crippen LogP contribution in [0.25, 0.3) is 0 Å². The van der Waals surface area contributed by atoms with Gasteiger partial charge in [-0.1, -0.05) is 44.7 Å². The molecule has 1 amide bonds. The van der Waals surface area contributed by atoms with Crippen molar-refractivity contribution in [1.82, 2.24) is 14.9 Å². The van der Waals surface area contributed by atoms with E-state index < -0.39 is 0 Å². The number of amides is 1. The fourth-order valence-electron chi connectivity index (χ4n) is 3.11. The minimum Gasteiger partial charge on any atom is -0.497 e. The van der Waals surface area contributed by atoms with E-state index in [1.54, 1.807) is 29.5 Å². The van der Waals surface area contributed by atoms with E-state index in [4.69, 9.17) is 4.74 Å². The standard InChI is InChI=1S/C21H27N3O3S/c1-21(2,3)17-12-19(26)24-15(13-28-20(24)23-17)11-18(25)22-10-9-14-5-7-16(27-4)8-6-14/h5-8,12,15H,9-11,13H2,1-4H3,(H,22,25). The van der Waals surface area contributed by atoms with Crippen LogP contribution in [0.4, 0.5) is 0 Å². The molecule has 1 aliphatic rings. The third-order valence-corrected chi connectivity index (χ3v) is 5.87. The first-order valence-electron chi connectivity index (χ1n) is 9.44.